The number of hydrogen-bond donors (Lipinski definition) is 1. The van der Waals surface area contributed by atoms with Gasteiger partial charge in [0.2, 0.25) is 0 Å². The molecule has 1 aliphatic carbocycles. The van der Waals surface area contributed by atoms with Crippen LogP contribution in [0.3, 0.4) is 0 Å². The Labute approximate surface area is 125 Å². The highest BCUT2D eigenvalue weighted by Crippen LogP contribution is 2.29. The smallest absolute Gasteiger partial charge is 0.387 e. The molecule has 0 heterocycles. The summed E-state index contributed by atoms with van der Waals surface area (Å²) in [6.45, 7) is 1.56. The molecule has 1 N–H and O–H groups in total. The lowest BCUT2D eigenvalue weighted by molar-refractivity contribution is -0.0499. The maximum absolute atomic E-state index is 12.3. The average molecular weight is 297 g/mol. The van der Waals surface area contributed by atoms with E-state index >= 15 is 0 Å². The van der Waals surface area contributed by atoms with E-state index in [2.05, 4.69) is 23.9 Å². The van der Waals surface area contributed by atoms with Crippen LogP contribution in [0.4, 0.5) is 8.78 Å². The summed E-state index contributed by atoms with van der Waals surface area (Å²) in [5, 5.41) is 3.67. The van der Waals surface area contributed by atoms with Gasteiger partial charge in [-0.3, -0.25) is 0 Å². The zero-order valence-corrected chi connectivity index (χ0v) is 12.8. The molecule has 1 fully saturated rings. The minimum atomic E-state index is -2.77. The van der Waals surface area contributed by atoms with Gasteiger partial charge in [0.1, 0.15) is 5.75 Å². The van der Waals surface area contributed by atoms with Gasteiger partial charge >= 0.3 is 6.61 Å². The third kappa shape index (κ3) is 4.67. The van der Waals surface area contributed by atoms with Gasteiger partial charge in [0.05, 0.1) is 0 Å². The molecule has 0 saturated heterocycles. The maximum atomic E-state index is 12.3. The predicted molar refractivity (Wildman–Crippen MR) is 80.7 cm³/mol. The van der Waals surface area contributed by atoms with Crippen molar-refractivity contribution < 1.29 is 13.5 Å². The molecular weight excluding hydrogens is 272 g/mol. The number of halogens is 2. The van der Waals surface area contributed by atoms with E-state index in [4.69, 9.17) is 0 Å². The number of rotatable bonds is 6. The molecule has 1 aromatic rings. The van der Waals surface area contributed by atoms with Crippen molar-refractivity contribution in [1.82, 2.24) is 5.32 Å². The zero-order valence-electron chi connectivity index (χ0n) is 12.8. The van der Waals surface area contributed by atoms with E-state index in [9.17, 15) is 8.78 Å². The van der Waals surface area contributed by atoms with E-state index in [1.54, 1.807) is 18.2 Å². The van der Waals surface area contributed by atoms with Crippen LogP contribution in [0.2, 0.25) is 0 Å². The Bertz CT molecular complexity index is 439. The second-order valence-electron chi connectivity index (χ2n) is 5.90. The fourth-order valence-electron chi connectivity index (χ4n) is 3.29. The number of hydrogen-bond acceptors (Lipinski definition) is 2. The second kappa shape index (κ2) is 7.74. The second-order valence-corrected chi connectivity index (χ2v) is 5.90. The molecule has 0 aliphatic heterocycles. The van der Waals surface area contributed by atoms with Crippen LogP contribution >= 0.6 is 0 Å². The van der Waals surface area contributed by atoms with Gasteiger partial charge < -0.3 is 10.1 Å². The highest BCUT2D eigenvalue weighted by Gasteiger charge is 2.25. The van der Waals surface area contributed by atoms with Gasteiger partial charge in [-0.25, -0.2) is 0 Å². The lowest BCUT2D eigenvalue weighted by Crippen LogP contribution is -2.39. The molecule has 3 atom stereocenters. The Kier molecular flexibility index (Phi) is 5.97. The van der Waals surface area contributed by atoms with Crippen LogP contribution in [0.1, 0.15) is 57.6 Å². The monoisotopic (exact) mass is 297 g/mol. The van der Waals surface area contributed by atoms with Gasteiger partial charge in [0, 0.05) is 12.1 Å². The Hall–Kier alpha value is -1.16. The Morgan fingerprint density at radius 3 is 2.76 bits per heavy atom. The van der Waals surface area contributed by atoms with Crippen LogP contribution in [-0.2, 0) is 0 Å². The van der Waals surface area contributed by atoms with E-state index in [-0.39, 0.29) is 11.8 Å². The van der Waals surface area contributed by atoms with Crippen molar-refractivity contribution in [3.8, 4) is 5.75 Å². The quantitative estimate of drug-likeness (QED) is 0.805. The molecule has 0 bridgehead atoms. The largest absolute Gasteiger partial charge is 0.435 e. The Morgan fingerprint density at radius 1 is 1.29 bits per heavy atom. The number of benzene rings is 1. The number of nitrogens with one attached hydrogen (secondary N) is 1. The first-order valence-corrected chi connectivity index (χ1v) is 7.91. The van der Waals surface area contributed by atoms with Crippen molar-refractivity contribution in [3.05, 3.63) is 29.8 Å². The maximum Gasteiger partial charge on any atom is 0.387 e. The van der Waals surface area contributed by atoms with Crippen molar-refractivity contribution in [2.24, 2.45) is 5.92 Å². The van der Waals surface area contributed by atoms with E-state index in [1.807, 2.05) is 6.07 Å². The van der Waals surface area contributed by atoms with Crippen molar-refractivity contribution in [3.63, 3.8) is 0 Å². The van der Waals surface area contributed by atoms with Gasteiger partial charge in [0.25, 0.3) is 0 Å². The minimum Gasteiger partial charge on any atom is -0.435 e. The summed E-state index contributed by atoms with van der Waals surface area (Å²) in [4.78, 5) is 0. The molecule has 21 heavy (non-hydrogen) atoms. The van der Waals surface area contributed by atoms with Crippen LogP contribution in [-0.4, -0.2) is 12.7 Å². The molecule has 1 saturated carbocycles. The first kappa shape index (κ1) is 16.2. The third-order valence-electron chi connectivity index (χ3n) is 4.48. The van der Waals surface area contributed by atoms with Gasteiger partial charge in [-0.15, -0.1) is 0 Å². The lowest BCUT2D eigenvalue weighted by atomic mass is 9.82. The van der Waals surface area contributed by atoms with Crippen molar-refractivity contribution in [1.29, 1.82) is 0 Å². The van der Waals surface area contributed by atoms with Crippen molar-refractivity contribution >= 4 is 0 Å². The molecule has 0 spiro atoms. The van der Waals surface area contributed by atoms with Crippen molar-refractivity contribution in [2.75, 3.05) is 0 Å². The Morgan fingerprint density at radius 2 is 2.05 bits per heavy atom. The number of alkyl halides is 2. The van der Waals surface area contributed by atoms with Crippen LogP contribution in [0.5, 0.6) is 5.75 Å². The van der Waals surface area contributed by atoms with Gasteiger partial charge in [-0.1, -0.05) is 38.3 Å². The molecule has 4 heteroatoms. The molecule has 3 unspecified atom stereocenters. The molecular formula is C17H25F2NO. The van der Waals surface area contributed by atoms with Gasteiger partial charge in [0.15, 0.2) is 0 Å². The summed E-state index contributed by atoms with van der Waals surface area (Å²) in [5.41, 5.74) is 0.994. The zero-order chi connectivity index (χ0) is 15.2. The lowest BCUT2D eigenvalue weighted by Gasteiger charge is -2.34. The molecule has 1 aromatic carbocycles. The van der Waals surface area contributed by atoms with E-state index < -0.39 is 6.61 Å². The summed E-state index contributed by atoms with van der Waals surface area (Å²) in [6, 6.07) is 7.66. The topological polar surface area (TPSA) is 21.3 Å². The van der Waals surface area contributed by atoms with E-state index in [0.717, 1.165) is 11.5 Å². The summed E-state index contributed by atoms with van der Waals surface area (Å²) in [7, 11) is 0. The summed E-state index contributed by atoms with van der Waals surface area (Å²) in [6.07, 6.45) is 6.28. The van der Waals surface area contributed by atoms with Gasteiger partial charge in [-0.2, -0.15) is 8.78 Å². The first-order valence-electron chi connectivity index (χ1n) is 7.91. The summed E-state index contributed by atoms with van der Waals surface area (Å²) >= 11 is 0. The van der Waals surface area contributed by atoms with E-state index in [1.165, 1.54) is 32.1 Å². The molecule has 0 aromatic heterocycles. The number of ether oxygens (including phenoxy) is 1. The fourth-order valence-corrected chi connectivity index (χ4v) is 3.29. The molecule has 118 valence electrons. The average Bonchev–Trinajstić information content (AvgIpc) is 2.47. The SMILES string of the molecule is CCC1CCCCC1NC(C)c1cccc(OC(F)F)c1. The molecule has 2 nitrogen and oxygen atoms in total. The predicted octanol–water partition coefficient (Wildman–Crippen LogP) is 4.91. The van der Waals surface area contributed by atoms with Crippen LogP contribution < -0.4 is 10.1 Å². The summed E-state index contributed by atoms with van der Waals surface area (Å²) < 4.78 is 29.0. The first-order chi connectivity index (χ1) is 10.1. The molecule has 0 radical (unpaired) electrons. The molecule has 1 aliphatic rings. The Balaban J connectivity index is 2.00. The molecule has 2 rings (SSSR count). The van der Waals surface area contributed by atoms with Crippen molar-refractivity contribution in [2.45, 2.75) is 64.6 Å². The van der Waals surface area contributed by atoms with E-state index in [0.29, 0.717) is 6.04 Å². The van der Waals surface area contributed by atoms with Crippen LogP contribution in [0.25, 0.3) is 0 Å². The summed E-state index contributed by atoms with van der Waals surface area (Å²) in [5.74, 6) is 0.952. The fraction of sp³-hybridized carbons (Fsp3) is 0.647. The normalized spacial score (nSPS) is 24.0. The minimum absolute atomic E-state index is 0.142. The highest BCUT2D eigenvalue weighted by atomic mass is 19.3. The highest BCUT2D eigenvalue weighted by molar-refractivity contribution is 5.30. The van der Waals surface area contributed by atoms with Crippen LogP contribution in [0, 0.1) is 5.92 Å². The van der Waals surface area contributed by atoms with Gasteiger partial charge in [-0.05, 0) is 43.4 Å². The standard InChI is InChI=1S/C17H25F2NO/c1-3-13-7-4-5-10-16(13)20-12(2)14-8-6-9-15(11-14)21-17(18)19/h6,8-9,11-13,16-17,20H,3-5,7,10H2,1-2H3. The van der Waals surface area contributed by atoms with Crippen LogP contribution in [0.15, 0.2) is 24.3 Å². The third-order valence-corrected chi connectivity index (χ3v) is 4.48. The molecule has 0 amide bonds.